The summed E-state index contributed by atoms with van der Waals surface area (Å²) in [5, 5.41) is 0.801. The summed E-state index contributed by atoms with van der Waals surface area (Å²) in [6.07, 6.45) is 0. The van der Waals surface area contributed by atoms with E-state index in [0.717, 1.165) is 10.6 Å². The predicted octanol–water partition coefficient (Wildman–Crippen LogP) is 2.76. The molecule has 42 valence electrons. The van der Waals surface area contributed by atoms with Crippen molar-refractivity contribution in [3.8, 4) is 0 Å². The number of hydrogen-bond donors (Lipinski definition) is 0. The van der Waals surface area contributed by atoms with Crippen molar-refractivity contribution in [3.63, 3.8) is 0 Å². The second kappa shape index (κ2) is 3.34. The predicted molar refractivity (Wildman–Crippen MR) is 34.9 cm³/mol. The third-order valence-electron chi connectivity index (χ3n) is 0.789. The summed E-state index contributed by atoms with van der Waals surface area (Å²) in [4.78, 5) is 0. The average Bonchev–Trinajstić information content (AvgIpc) is 1.65. The van der Waals surface area contributed by atoms with E-state index in [1.165, 1.54) is 0 Å². The van der Waals surface area contributed by atoms with Gasteiger partial charge in [-0.2, -0.15) is 0 Å². The van der Waals surface area contributed by atoms with Crippen LogP contribution in [0.3, 0.4) is 0 Å². The van der Waals surface area contributed by atoms with Crippen molar-refractivity contribution in [1.29, 1.82) is 0 Å². The van der Waals surface area contributed by atoms with Crippen LogP contribution < -0.4 is 0 Å². The molecule has 0 saturated carbocycles. The fourth-order valence-corrected chi connectivity index (χ4v) is 0.428. The first-order valence-electron chi connectivity index (χ1n) is 2.06. The average molecular weight is 139 g/mol. The van der Waals surface area contributed by atoms with E-state index >= 15 is 0 Å². The Morgan fingerprint density at radius 1 is 1.43 bits per heavy atom. The number of hydrogen-bond acceptors (Lipinski definition) is 0. The Bertz CT molecular complexity index is 80.1. The Morgan fingerprint density at radius 2 is 1.86 bits per heavy atom. The quantitative estimate of drug-likeness (QED) is 0.490. The smallest absolute Gasteiger partial charge is 0.0444 e. The molecule has 0 N–H and O–H groups in total. The van der Waals surface area contributed by atoms with E-state index in [4.69, 9.17) is 23.2 Å². The molecule has 0 amide bonds. The normalized spacial score (nSPS) is 13.7. The molecule has 7 heavy (non-hydrogen) atoms. The fraction of sp³-hybridized carbons (Fsp3) is 0.600. The summed E-state index contributed by atoms with van der Waals surface area (Å²) >= 11 is 10.9. The number of rotatable bonds is 1. The van der Waals surface area contributed by atoms with Gasteiger partial charge in [0.05, 0.1) is 0 Å². The SMILES string of the molecule is C/C(Cl)=C(\C)CCl. The molecule has 0 fully saturated rings. The molecule has 0 aliphatic carbocycles. The zero-order valence-electron chi connectivity index (χ0n) is 4.46. The maximum absolute atomic E-state index is 5.52. The summed E-state index contributed by atoms with van der Waals surface area (Å²) < 4.78 is 0. The van der Waals surface area contributed by atoms with Gasteiger partial charge in [-0.25, -0.2) is 0 Å². The first-order valence-corrected chi connectivity index (χ1v) is 2.97. The number of halogens is 2. The Labute approximate surface area is 54.1 Å². The van der Waals surface area contributed by atoms with Crippen LogP contribution in [0.5, 0.6) is 0 Å². The molecule has 0 nitrogen and oxygen atoms in total. The summed E-state index contributed by atoms with van der Waals surface area (Å²) in [5.41, 5.74) is 1.04. The van der Waals surface area contributed by atoms with E-state index in [0.29, 0.717) is 5.88 Å². The minimum absolute atomic E-state index is 0.537. The molecule has 2 heteroatoms. The second-order valence-corrected chi connectivity index (χ2v) is 2.28. The Balaban J connectivity index is 3.72. The van der Waals surface area contributed by atoms with Gasteiger partial charge in [-0.3, -0.25) is 0 Å². The molecule has 0 spiro atoms. The van der Waals surface area contributed by atoms with E-state index in [2.05, 4.69) is 0 Å². The van der Waals surface area contributed by atoms with E-state index in [1.807, 2.05) is 13.8 Å². The van der Waals surface area contributed by atoms with Gasteiger partial charge in [0.25, 0.3) is 0 Å². The van der Waals surface area contributed by atoms with Gasteiger partial charge in [0, 0.05) is 10.9 Å². The molecule has 0 aromatic heterocycles. The van der Waals surface area contributed by atoms with Gasteiger partial charge in [-0.1, -0.05) is 11.6 Å². The molecule has 0 atom stereocenters. The number of allylic oxidation sites excluding steroid dienone is 2. The molecular formula is C5H8Cl2. The first kappa shape index (κ1) is 7.32. The van der Waals surface area contributed by atoms with Crippen molar-refractivity contribution in [2.24, 2.45) is 0 Å². The minimum Gasteiger partial charge on any atom is -0.122 e. The van der Waals surface area contributed by atoms with Crippen molar-refractivity contribution in [1.82, 2.24) is 0 Å². The van der Waals surface area contributed by atoms with Gasteiger partial charge < -0.3 is 0 Å². The standard InChI is InChI=1S/C5H8Cl2/c1-4(3-6)5(2)7/h3H2,1-2H3/b5-4-. The van der Waals surface area contributed by atoms with Gasteiger partial charge in [0.2, 0.25) is 0 Å². The lowest BCUT2D eigenvalue weighted by Crippen LogP contribution is -1.76. The Morgan fingerprint density at radius 3 is 1.86 bits per heavy atom. The van der Waals surface area contributed by atoms with Crippen LogP contribution in [0.4, 0.5) is 0 Å². The fourth-order valence-electron chi connectivity index (χ4n) is 0.0921. The van der Waals surface area contributed by atoms with E-state index in [1.54, 1.807) is 0 Å². The third kappa shape index (κ3) is 2.95. The van der Waals surface area contributed by atoms with Crippen LogP contribution in [0.15, 0.2) is 10.6 Å². The van der Waals surface area contributed by atoms with Crippen LogP contribution in [0.2, 0.25) is 0 Å². The largest absolute Gasteiger partial charge is 0.122 e. The summed E-state index contributed by atoms with van der Waals surface area (Å²) in [6, 6.07) is 0. The van der Waals surface area contributed by atoms with Crippen LogP contribution in [-0.4, -0.2) is 5.88 Å². The van der Waals surface area contributed by atoms with E-state index in [9.17, 15) is 0 Å². The third-order valence-corrected chi connectivity index (χ3v) is 1.51. The highest BCUT2D eigenvalue weighted by molar-refractivity contribution is 6.30. The summed E-state index contributed by atoms with van der Waals surface area (Å²) in [7, 11) is 0. The molecule has 0 heterocycles. The zero-order chi connectivity index (χ0) is 5.86. The highest BCUT2D eigenvalue weighted by Gasteiger charge is 1.87. The van der Waals surface area contributed by atoms with Gasteiger partial charge in [0.1, 0.15) is 0 Å². The molecule has 0 aliphatic rings. The van der Waals surface area contributed by atoms with Crippen LogP contribution in [0, 0.1) is 0 Å². The van der Waals surface area contributed by atoms with Crippen molar-refractivity contribution >= 4 is 23.2 Å². The molecule has 0 aromatic rings. The van der Waals surface area contributed by atoms with Gasteiger partial charge in [0.15, 0.2) is 0 Å². The maximum Gasteiger partial charge on any atom is 0.0444 e. The number of alkyl halides is 1. The van der Waals surface area contributed by atoms with Crippen LogP contribution in [0.1, 0.15) is 13.8 Å². The lowest BCUT2D eigenvalue weighted by atomic mass is 10.3. The lowest BCUT2D eigenvalue weighted by molar-refractivity contribution is 1.35. The van der Waals surface area contributed by atoms with Crippen molar-refractivity contribution < 1.29 is 0 Å². The zero-order valence-corrected chi connectivity index (χ0v) is 5.97. The van der Waals surface area contributed by atoms with Gasteiger partial charge in [-0.15, -0.1) is 11.6 Å². The second-order valence-electron chi connectivity index (χ2n) is 1.45. The molecule has 0 aromatic carbocycles. The van der Waals surface area contributed by atoms with Crippen LogP contribution >= 0.6 is 23.2 Å². The molecule has 0 rings (SSSR count). The van der Waals surface area contributed by atoms with Gasteiger partial charge in [-0.05, 0) is 19.4 Å². The van der Waals surface area contributed by atoms with Crippen molar-refractivity contribution in [3.05, 3.63) is 10.6 Å². The molecule has 0 radical (unpaired) electrons. The molecule has 0 aliphatic heterocycles. The maximum atomic E-state index is 5.52. The van der Waals surface area contributed by atoms with Crippen LogP contribution in [-0.2, 0) is 0 Å². The minimum atomic E-state index is 0.537. The monoisotopic (exact) mass is 138 g/mol. The Kier molecular flexibility index (Phi) is 3.49. The molecular weight excluding hydrogens is 131 g/mol. The molecule has 0 bridgehead atoms. The van der Waals surface area contributed by atoms with E-state index < -0.39 is 0 Å². The summed E-state index contributed by atoms with van der Waals surface area (Å²) in [6.45, 7) is 3.74. The molecule has 0 unspecified atom stereocenters. The first-order chi connectivity index (χ1) is 3.18. The topological polar surface area (TPSA) is 0 Å². The highest BCUT2D eigenvalue weighted by Crippen LogP contribution is 2.07. The molecule has 0 saturated heterocycles. The van der Waals surface area contributed by atoms with Crippen molar-refractivity contribution in [2.75, 3.05) is 5.88 Å². The van der Waals surface area contributed by atoms with Crippen LogP contribution in [0.25, 0.3) is 0 Å². The van der Waals surface area contributed by atoms with Crippen molar-refractivity contribution in [2.45, 2.75) is 13.8 Å². The lowest BCUT2D eigenvalue weighted by Gasteiger charge is -1.90. The summed E-state index contributed by atoms with van der Waals surface area (Å²) in [5.74, 6) is 0.537. The Hall–Kier alpha value is 0.320. The van der Waals surface area contributed by atoms with Gasteiger partial charge >= 0.3 is 0 Å². The van der Waals surface area contributed by atoms with E-state index in [-0.39, 0.29) is 0 Å². The highest BCUT2D eigenvalue weighted by atomic mass is 35.5.